The first kappa shape index (κ1) is 15.9. The molecule has 0 spiro atoms. The second kappa shape index (κ2) is 7.30. The Morgan fingerprint density at radius 1 is 1.29 bits per heavy atom. The third-order valence-corrected chi connectivity index (χ3v) is 2.74. The van der Waals surface area contributed by atoms with Gasteiger partial charge in [-0.2, -0.15) is 0 Å². The molecule has 0 saturated heterocycles. The van der Waals surface area contributed by atoms with Crippen molar-refractivity contribution in [2.24, 2.45) is 11.7 Å². The van der Waals surface area contributed by atoms with E-state index in [2.05, 4.69) is 5.32 Å². The summed E-state index contributed by atoms with van der Waals surface area (Å²) < 4.78 is 0. The van der Waals surface area contributed by atoms with Crippen LogP contribution in [0.1, 0.15) is 31.0 Å². The van der Waals surface area contributed by atoms with Crippen LogP contribution in [0.25, 0.3) is 0 Å². The molecule has 0 aliphatic heterocycles. The zero-order valence-electron chi connectivity index (χ0n) is 10.6. The van der Waals surface area contributed by atoms with E-state index in [9.17, 15) is 4.79 Å². The van der Waals surface area contributed by atoms with Crippen LogP contribution in [0.4, 0.5) is 0 Å². The summed E-state index contributed by atoms with van der Waals surface area (Å²) in [5, 5.41) is 2.95. The SMILES string of the molecule is Cc1ccc(C(C)NC(=O)C(C)CN)cc1.Cl. The van der Waals surface area contributed by atoms with Gasteiger partial charge in [0.25, 0.3) is 0 Å². The van der Waals surface area contributed by atoms with E-state index >= 15 is 0 Å². The van der Waals surface area contributed by atoms with Crippen LogP contribution in [-0.4, -0.2) is 12.5 Å². The predicted molar refractivity (Wildman–Crippen MR) is 73.2 cm³/mol. The van der Waals surface area contributed by atoms with Crippen LogP contribution in [0.15, 0.2) is 24.3 Å². The average Bonchev–Trinajstić information content (AvgIpc) is 2.28. The maximum absolute atomic E-state index is 11.6. The Hall–Kier alpha value is -1.06. The lowest BCUT2D eigenvalue weighted by Gasteiger charge is -2.17. The molecule has 3 nitrogen and oxygen atoms in total. The largest absolute Gasteiger partial charge is 0.349 e. The Balaban J connectivity index is 0.00000256. The monoisotopic (exact) mass is 256 g/mol. The van der Waals surface area contributed by atoms with Crippen molar-refractivity contribution in [3.8, 4) is 0 Å². The molecule has 0 heterocycles. The highest BCUT2D eigenvalue weighted by molar-refractivity contribution is 5.85. The molecule has 17 heavy (non-hydrogen) atoms. The number of halogens is 1. The van der Waals surface area contributed by atoms with Gasteiger partial charge in [0.15, 0.2) is 0 Å². The molecule has 0 bridgehead atoms. The van der Waals surface area contributed by atoms with Gasteiger partial charge in [0, 0.05) is 12.5 Å². The van der Waals surface area contributed by atoms with E-state index in [1.807, 2.05) is 45.0 Å². The summed E-state index contributed by atoms with van der Waals surface area (Å²) in [5.41, 5.74) is 7.78. The average molecular weight is 257 g/mol. The lowest BCUT2D eigenvalue weighted by molar-refractivity contribution is -0.124. The highest BCUT2D eigenvalue weighted by atomic mass is 35.5. The van der Waals surface area contributed by atoms with Crippen LogP contribution in [0.3, 0.4) is 0 Å². The van der Waals surface area contributed by atoms with Gasteiger partial charge in [0.2, 0.25) is 5.91 Å². The third kappa shape index (κ3) is 4.75. The number of nitrogens with two attached hydrogens (primary N) is 1. The molecule has 96 valence electrons. The van der Waals surface area contributed by atoms with Crippen molar-refractivity contribution in [1.29, 1.82) is 0 Å². The Bertz CT molecular complexity index is 351. The highest BCUT2D eigenvalue weighted by Crippen LogP contribution is 2.13. The minimum atomic E-state index is -0.132. The fourth-order valence-electron chi connectivity index (χ4n) is 1.40. The Kier molecular flexibility index (Phi) is 6.85. The molecule has 0 saturated carbocycles. The van der Waals surface area contributed by atoms with Crippen molar-refractivity contribution in [2.75, 3.05) is 6.54 Å². The number of carbonyl (C=O) groups is 1. The number of carbonyl (C=O) groups excluding carboxylic acids is 1. The summed E-state index contributed by atoms with van der Waals surface area (Å²) in [6.07, 6.45) is 0. The number of nitrogens with one attached hydrogen (secondary N) is 1. The van der Waals surface area contributed by atoms with Crippen LogP contribution in [0.5, 0.6) is 0 Å². The van der Waals surface area contributed by atoms with Crippen LogP contribution in [0, 0.1) is 12.8 Å². The van der Waals surface area contributed by atoms with Crippen LogP contribution >= 0.6 is 12.4 Å². The van der Waals surface area contributed by atoms with Crippen molar-refractivity contribution >= 4 is 18.3 Å². The second-order valence-corrected chi connectivity index (χ2v) is 4.28. The van der Waals surface area contributed by atoms with E-state index in [1.54, 1.807) is 0 Å². The maximum atomic E-state index is 11.6. The Morgan fingerprint density at radius 3 is 2.29 bits per heavy atom. The van der Waals surface area contributed by atoms with Gasteiger partial charge < -0.3 is 11.1 Å². The first-order chi connectivity index (χ1) is 7.54. The first-order valence-electron chi connectivity index (χ1n) is 5.61. The fraction of sp³-hybridized carbons (Fsp3) is 0.462. The molecule has 4 heteroatoms. The summed E-state index contributed by atoms with van der Waals surface area (Å²) in [6.45, 7) is 6.24. The molecular weight excluding hydrogens is 236 g/mol. The van der Waals surface area contributed by atoms with Crippen molar-refractivity contribution < 1.29 is 4.79 Å². The molecule has 1 aromatic rings. The molecule has 0 radical (unpaired) electrons. The van der Waals surface area contributed by atoms with Gasteiger partial charge in [-0.25, -0.2) is 0 Å². The van der Waals surface area contributed by atoms with E-state index in [1.165, 1.54) is 5.56 Å². The standard InChI is InChI=1S/C13H20N2O.ClH/c1-9-4-6-12(7-5-9)11(3)15-13(16)10(2)8-14;/h4-7,10-11H,8,14H2,1-3H3,(H,15,16);1H. The molecule has 1 aromatic carbocycles. The van der Waals surface area contributed by atoms with Crippen molar-refractivity contribution in [3.63, 3.8) is 0 Å². The number of rotatable bonds is 4. The molecule has 1 amide bonds. The van der Waals surface area contributed by atoms with Gasteiger partial charge in [0.1, 0.15) is 0 Å². The highest BCUT2D eigenvalue weighted by Gasteiger charge is 2.14. The lowest BCUT2D eigenvalue weighted by atomic mass is 10.1. The smallest absolute Gasteiger partial charge is 0.224 e. The summed E-state index contributed by atoms with van der Waals surface area (Å²) >= 11 is 0. The Morgan fingerprint density at radius 2 is 1.82 bits per heavy atom. The van der Waals surface area contributed by atoms with E-state index in [-0.39, 0.29) is 30.3 Å². The zero-order valence-corrected chi connectivity index (χ0v) is 11.4. The van der Waals surface area contributed by atoms with E-state index in [0.29, 0.717) is 6.54 Å². The number of benzene rings is 1. The number of hydrogen-bond acceptors (Lipinski definition) is 2. The van der Waals surface area contributed by atoms with Gasteiger partial charge in [-0.15, -0.1) is 12.4 Å². The van der Waals surface area contributed by atoms with Crippen molar-refractivity contribution in [3.05, 3.63) is 35.4 Å². The third-order valence-electron chi connectivity index (χ3n) is 2.74. The second-order valence-electron chi connectivity index (χ2n) is 4.28. The number of hydrogen-bond donors (Lipinski definition) is 2. The maximum Gasteiger partial charge on any atom is 0.224 e. The predicted octanol–water partition coefficient (Wildman–Crippen LogP) is 2.19. The Labute approximate surface area is 109 Å². The fourth-order valence-corrected chi connectivity index (χ4v) is 1.40. The molecule has 0 aliphatic carbocycles. The minimum Gasteiger partial charge on any atom is -0.349 e. The van der Waals surface area contributed by atoms with Gasteiger partial charge in [-0.1, -0.05) is 36.8 Å². The molecular formula is C13H21ClN2O. The van der Waals surface area contributed by atoms with Gasteiger partial charge in [-0.3, -0.25) is 4.79 Å². The first-order valence-corrected chi connectivity index (χ1v) is 5.61. The molecule has 2 unspecified atom stereocenters. The molecule has 1 rings (SSSR count). The topological polar surface area (TPSA) is 55.1 Å². The molecule has 0 aliphatic rings. The van der Waals surface area contributed by atoms with Crippen LogP contribution in [0.2, 0.25) is 0 Å². The summed E-state index contributed by atoms with van der Waals surface area (Å²) in [4.78, 5) is 11.6. The van der Waals surface area contributed by atoms with E-state index in [0.717, 1.165) is 5.56 Å². The number of amides is 1. The normalized spacial score (nSPS) is 13.4. The van der Waals surface area contributed by atoms with Crippen molar-refractivity contribution in [1.82, 2.24) is 5.32 Å². The van der Waals surface area contributed by atoms with Crippen molar-refractivity contribution in [2.45, 2.75) is 26.8 Å². The van der Waals surface area contributed by atoms with Gasteiger partial charge in [0.05, 0.1) is 6.04 Å². The van der Waals surface area contributed by atoms with Gasteiger partial charge >= 0.3 is 0 Å². The molecule has 0 fully saturated rings. The van der Waals surface area contributed by atoms with Crippen LogP contribution in [-0.2, 0) is 4.79 Å². The molecule has 0 aromatic heterocycles. The summed E-state index contributed by atoms with van der Waals surface area (Å²) in [6, 6.07) is 8.19. The molecule has 3 N–H and O–H groups in total. The quantitative estimate of drug-likeness (QED) is 0.868. The minimum absolute atomic E-state index is 0. The summed E-state index contributed by atoms with van der Waals surface area (Å²) in [5.74, 6) is -0.122. The zero-order chi connectivity index (χ0) is 12.1. The van der Waals surface area contributed by atoms with Gasteiger partial charge in [-0.05, 0) is 19.4 Å². The lowest BCUT2D eigenvalue weighted by Crippen LogP contribution is -2.34. The summed E-state index contributed by atoms with van der Waals surface area (Å²) in [7, 11) is 0. The van der Waals surface area contributed by atoms with Crippen LogP contribution < -0.4 is 11.1 Å². The number of aryl methyl sites for hydroxylation is 1. The molecule has 2 atom stereocenters. The van der Waals surface area contributed by atoms with E-state index < -0.39 is 0 Å². The van der Waals surface area contributed by atoms with E-state index in [4.69, 9.17) is 5.73 Å².